The second kappa shape index (κ2) is 3.55. The number of hydrogen-bond donors (Lipinski definition) is 1. The molecule has 3 atom stereocenters. The van der Waals surface area contributed by atoms with Gasteiger partial charge in [0, 0.05) is 6.04 Å². The fourth-order valence-corrected chi connectivity index (χ4v) is 4.00. The third-order valence-corrected chi connectivity index (χ3v) is 5.71. The maximum atomic E-state index is 4.76. The standard InChI is InChI=1S/C13H21N3O/c1-12(2)9-4-5-13(12,3)10(6-9)14-7-11-15-8-17-16-11/h8-10,14H,4-7H2,1-3H3. The molecule has 17 heavy (non-hydrogen) atoms. The highest BCUT2D eigenvalue weighted by atomic mass is 16.5. The molecule has 1 heterocycles. The first kappa shape index (κ1) is 11.2. The van der Waals surface area contributed by atoms with Crippen molar-refractivity contribution in [2.45, 2.75) is 52.6 Å². The molecular weight excluding hydrogens is 214 g/mol. The summed E-state index contributed by atoms with van der Waals surface area (Å²) in [6.45, 7) is 8.02. The van der Waals surface area contributed by atoms with Crippen LogP contribution in [0.1, 0.15) is 45.9 Å². The van der Waals surface area contributed by atoms with E-state index in [1.807, 2.05) is 0 Å². The van der Waals surface area contributed by atoms with Crippen LogP contribution in [-0.2, 0) is 6.54 Å². The van der Waals surface area contributed by atoms with E-state index >= 15 is 0 Å². The number of hydrogen-bond acceptors (Lipinski definition) is 4. The molecule has 0 spiro atoms. The summed E-state index contributed by atoms with van der Waals surface area (Å²) in [6.07, 6.45) is 5.42. The third kappa shape index (κ3) is 1.46. The van der Waals surface area contributed by atoms with Crippen LogP contribution in [0.5, 0.6) is 0 Å². The summed E-state index contributed by atoms with van der Waals surface area (Å²) < 4.78 is 4.76. The predicted octanol–water partition coefficient (Wildman–Crippen LogP) is 2.37. The lowest BCUT2D eigenvalue weighted by atomic mass is 9.69. The summed E-state index contributed by atoms with van der Waals surface area (Å²) in [7, 11) is 0. The van der Waals surface area contributed by atoms with Gasteiger partial charge in [0.2, 0.25) is 6.39 Å². The molecule has 2 fully saturated rings. The van der Waals surface area contributed by atoms with Crippen molar-refractivity contribution in [2.24, 2.45) is 16.7 Å². The molecule has 1 N–H and O–H groups in total. The molecule has 2 aliphatic rings. The Morgan fingerprint density at radius 2 is 2.29 bits per heavy atom. The second-order valence-electron chi connectivity index (χ2n) is 6.39. The zero-order valence-corrected chi connectivity index (χ0v) is 10.9. The lowest BCUT2D eigenvalue weighted by molar-refractivity contribution is 0.120. The van der Waals surface area contributed by atoms with Crippen LogP contribution in [-0.4, -0.2) is 16.2 Å². The van der Waals surface area contributed by atoms with E-state index in [2.05, 4.69) is 36.2 Å². The average Bonchev–Trinajstić information content (AvgIpc) is 2.91. The van der Waals surface area contributed by atoms with Gasteiger partial charge in [0.05, 0.1) is 6.54 Å². The van der Waals surface area contributed by atoms with Crippen molar-refractivity contribution in [1.29, 1.82) is 0 Å². The first-order chi connectivity index (χ1) is 8.04. The van der Waals surface area contributed by atoms with Gasteiger partial charge >= 0.3 is 0 Å². The van der Waals surface area contributed by atoms with E-state index in [0.29, 0.717) is 16.9 Å². The van der Waals surface area contributed by atoms with E-state index in [9.17, 15) is 0 Å². The first-order valence-corrected chi connectivity index (χ1v) is 6.53. The molecule has 0 radical (unpaired) electrons. The molecule has 4 heteroatoms. The van der Waals surface area contributed by atoms with E-state index in [0.717, 1.165) is 18.3 Å². The average molecular weight is 235 g/mol. The maximum Gasteiger partial charge on any atom is 0.213 e. The molecule has 3 rings (SSSR count). The van der Waals surface area contributed by atoms with Crippen molar-refractivity contribution in [3.8, 4) is 0 Å². The van der Waals surface area contributed by atoms with Crippen LogP contribution in [0.2, 0.25) is 0 Å². The summed E-state index contributed by atoms with van der Waals surface area (Å²) in [5, 5.41) is 7.48. The highest BCUT2D eigenvalue weighted by Gasteiger charge is 2.60. The maximum absolute atomic E-state index is 4.76. The second-order valence-corrected chi connectivity index (χ2v) is 6.39. The number of aromatic nitrogens is 2. The van der Waals surface area contributed by atoms with Crippen LogP contribution < -0.4 is 5.32 Å². The molecule has 0 saturated heterocycles. The summed E-state index contributed by atoms with van der Waals surface area (Å²) in [5.41, 5.74) is 0.878. The van der Waals surface area contributed by atoms with Gasteiger partial charge in [-0.15, -0.1) is 0 Å². The van der Waals surface area contributed by atoms with Crippen LogP contribution in [0, 0.1) is 16.7 Å². The number of rotatable bonds is 3. The quantitative estimate of drug-likeness (QED) is 0.874. The minimum atomic E-state index is 0.418. The Morgan fingerprint density at radius 1 is 1.47 bits per heavy atom. The van der Waals surface area contributed by atoms with Gasteiger partial charge in [0.1, 0.15) is 0 Å². The van der Waals surface area contributed by atoms with Crippen molar-refractivity contribution in [2.75, 3.05) is 0 Å². The zero-order valence-electron chi connectivity index (χ0n) is 10.9. The zero-order chi connectivity index (χ0) is 12.1. The number of nitrogens with one attached hydrogen (secondary N) is 1. The molecule has 1 aromatic heterocycles. The summed E-state index contributed by atoms with van der Waals surface area (Å²) in [6, 6.07) is 0.592. The smallest absolute Gasteiger partial charge is 0.213 e. The van der Waals surface area contributed by atoms with Crippen molar-refractivity contribution in [3.63, 3.8) is 0 Å². The van der Waals surface area contributed by atoms with Crippen LogP contribution >= 0.6 is 0 Å². The van der Waals surface area contributed by atoms with Crippen LogP contribution in [0.25, 0.3) is 0 Å². The summed E-state index contributed by atoms with van der Waals surface area (Å²) >= 11 is 0. The summed E-state index contributed by atoms with van der Waals surface area (Å²) in [4.78, 5) is 4.06. The van der Waals surface area contributed by atoms with E-state index in [4.69, 9.17) is 4.52 Å². The van der Waals surface area contributed by atoms with Crippen LogP contribution in [0.4, 0.5) is 0 Å². The fourth-order valence-electron chi connectivity index (χ4n) is 4.00. The lowest BCUT2D eigenvalue weighted by Crippen LogP contribution is -2.44. The van der Waals surface area contributed by atoms with Gasteiger partial charge in [-0.3, -0.25) is 0 Å². The van der Waals surface area contributed by atoms with Crippen molar-refractivity contribution in [3.05, 3.63) is 12.2 Å². The van der Waals surface area contributed by atoms with E-state index in [-0.39, 0.29) is 0 Å². The largest absolute Gasteiger partial charge is 0.343 e. The van der Waals surface area contributed by atoms with Gasteiger partial charge < -0.3 is 9.84 Å². The molecule has 2 saturated carbocycles. The third-order valence-electron chi connectivity index (χ3n) is 5.71. The van der Waals surface area contributed by atoms with Gasteiger partial charge in [-0.05, 0) is 36.0 Å². The van der Waals surface area contributed by atoms with Gasteiger partial charge in [0.25, 0.3) is 0 Å². The molecule has 2 aliphatic carbocycles. The number of nitrogens with zero attached hydrogens (tertiary/aromatic N) is 2. The monoisotopic (exact) mass is 235 g/mol. The molecule has 3 unspecified atom stereocenters. The Kier molecular flexibility index (Phi) is 2.34. The topological polar surface area (TPSA) is 51.0 Å². The molecule has 94 valence electrons. The van der Waals surface area contributed by atoms with Gasteiger partial charge in [0.15, 0.2) is 5.82 Å². The minimum absolute atomic E-state index is 0.418. The molecule has 0 aromatic carbocycles. The van der Waals surface area contributed by atoms with Crippen LogP contribution in [0.15, 0.2) is 10.9 Å². The Balaban J connectivity index is 1.70. The van der Waals surface area contributed by atoms with Gasteiger partial charge in [-0.25, -0.2) is 0 Å². The predicted molar refractivity (Wildman–Crippen MR) is 64.2 cm³/mol. The fraction of sp³-hybridized carbons (Fsp3) is 0.846. The van der Waals surface area contributed by atoms with E-state index in [1.54, 1.807) is 0 Å². The highest BCUT2D eigenvalue weighted by Crippen LogP contribution is 2.65. The first-order valence-electron chi connectivity index (χ1n) is 6.53. The molecule has 1 aromatic rings. The van der Waals surface area contributed by atoms with Gasteiger partial charge in [-0.1, -0.05) is 25.9 Å². The lowest BCUT2D eigenvalue weighted by Gasteiger charge is -2.39. The Labute approximate surface area is 102 Å². The SMILES string of the molecule is CC1(C)C2CCC1(C)C(NCc1ncon1)C2. The normalized spacial score (nSPS) is 38.8. The van der Waals surface area contributed by atoms with Crippen molar-refractivity contribution >= 4 is 0 Å². The molecule has 2 bridgehead atoms. The molecule has 0 amide bonds. The van der Waals surface area contributed by atoms with Crippen molar-refractivity contribution in [1.82, 2.24) is 15.5 Å². The summed E-state index contributed by atoms with van der Waals surface area (Å²) in [5.74, 6) is 1.63. The minimum Gasteiger partial charge on any atom is -0.343 e. The van der Waals surface area contributed by atoms with E-state index < -0.39 is 0 Å². The molecule has 4 nitrogen and oxygen atoms in total. The Morgan fingerprint density at radius 3 is 2.82 bits per heavy atom. The Bertz CT molecular complexity index is 401. The highest BCUT2D eigenvalue weighted by molar-refractivity contribution is 5.13. The Hall–Kier alpha value is -0.900. The van der Waals surface area contributed by atoms with Crippen molar-refractivity contribution < 1.29 is 4.52 Å². The van der Waals surface area contributed by atoms with E-state index in [1.165, 1.54) is 25.7 Å². The molecular formula is C13H21N3O. The molecule has 0 aliphatic heterocycles. The van der Waals surface area contributed by atoms with Gasteiger partial charge in [-0.2, -0.15) is 4.98 Å². The van der Waals surface area contributed by atoms with Crippen LogP contribution in [0.3, 0.4) is 0 Å². The number of fused-ring (bicyclic) bond motifs is 2.